The van der Waals surface area contributed by atoms with Crippen LogP contribution in [0, 0.1) is 11.8 Å². The molecule has 0 heterocycles. The average molecular weight is 256 g/mol. The van der Waals surface area contributed by atoms with Crippen LogP contribution in [0.5, 0.6) is 0 Å². The molecule has 1 amide bonds. The van der Waals surface area contributed by atoms with E-state index < -0.39 is 0 Å². The summed E-state index contributed by atoms with van der Waals surface area (Å²) in [5, 5.41) is 0. The molecule has 106 valence electrons. The predicted molar refractivity (Wildman–Crippen MR) is 73.4 cm³/mol. The number of nitrogens with zero attached hydrogens (tertiary/aromatic N) is 1. The SMILES string of the molecule is CC(C)COC(=O)N(C)C1(CN)CCC(C)CC1. The summed E-state index contributed by atoms with van der Waals surface area (Å²) in [5.74, 6) is 1.10. The molecule has 0 saturated heterocycles. The van der Waals surface area contributed by atoms with Crippen molar-refractivity contribution in [2.45, 2.75) is 52.0 Å². The van der Waals surface area contributed by atoms with Crippen molar-refractivity contribution < 1.29 is 9.53 Å². The molecule has 1 aliphatic rings. The van der Waals surface area contributed by atoms with E-state index in [4.69, 9.17) is 10.5 Å². The molecular weight excluding hydrogens is 228 g/mol. The Labute approximate surface area is 111 Å². The second kappa shape index (κ2) is 6.41. The maximum Gasteiger partial charge on any atom is 0.410 e. The lowest BCUT2D eigenvalue weighted by atomic mass is 9.76. The Morgan fingerprint density at radius 2 is 2.00 bits per heavy atom. The number of amides is 1. The van der Waals surface area contributed by atoms with Gasteiger partial charge in [-0.3, -0.25) is 0 Å². The van der Waals surface area contributed by atoms with Crippen molar-refractivity contribution in [3.8, 4) is 0 Å². The summed E-state index contributed by atoms with van der Waals surface area (Å²) in [6, 6.07) is 0. The van der Waals surface area contributed by atoms with Gasteiger partial charge in [0, 0.05) is 13.6 Å². The van der Waals surface area contributed by atoms with E-state index >= 15 is 0 Å². The third-order valence-corrected chi connectivity index (χ3v) is 4.11. The Morgan fingerprint density at radius 1 is 1.44 bits per heavy atom. The molecule has 0 aromatic carbocycles. The number of rotatable bonds is 4. The molecule has 0 aromatic heterocycles. The largest absolute Gasteiger partial charge is 0.449 e. The summed E-state index contributed by atoms with van der Waals surface area (Å²) in [7, 11) is 1.82. The Bertz CT molecular complexity index is 271. The molecule has 0 aliphatic heterocycles. The Balaban J connectivity index is 2.61. The molecule has 1 aliphatic carbocycles. The highest BCUT2D eigenvalue weighted by molar-refractivity contribution is 5.68. The molecule has 0 radical (unpaired) electrons. The van der Waals surface area contributed by atoms with Gasteiger partial charge in [-0.15, -0.1) is 0 Å². The minimum Gasteiger partial charge on any atom is -0.449 e. The zero-order chi connectivity index (χ0) is 13.8. The van der Waals surface area contributed by atoms with E-state index in [1.165, 1.54) is 0 Å². The fraction of sp³-hybridized carbons (Fsp3) is 0.929. The van der Waals surface area contributed by atoms with Crippen molar-refractivity contribution in [3.05, 3.63) is 0 Å². The highest BCUT2D eigenvalue weighted by atomic mass is 16.6. The summed E-state index contributed by atoms with van der Waals surface area (Å²) >= 11 is 0. The first-order valence-corrected chi connectivity index (χ1v) is 7.02. The molecule has 2 N–H and O–H groups in total. The molecule has 4 heteroatoms. The molecule has 1 fully saturated rings. The fourth-order valence-electron chi connectivity index (χ4n) is 2.50. The molecule has 0 aromatic rings. The van der Waals surface area contributed by atoms with Crippen molar-refractivity contribution in [1.82, 2.24) is 4.90 Å². The number of hydrogen-bond donors (Lipinski definition) is 1. The molecule has 4 nitrogen and oxygen atoms in total. The molecule has 0 unspecified atom stereocenters. The van der Waals surface area contributed by atoms with E-state index in [0.29, 0.717) is 19.1 Å². The molecule has 0 spiro atoms. The molecule has 1 rings (SSSR count). The van der Waals surface area contributed by atoms with Crippen LogP contribution in [0.3, 0.4) is 0 Å². The van der Waals surface area contributed by atoms with Crippen molar-refractivity contribution in [2.24, 2.45) is 17.6 Å². The number of nitrogens with two attached hydrogens (primary N) is 1. The van der Waals surface area contributed by atoms with Crippen LogP contribution >= 0.6 is 0 Å². The highest BCUT2D eigenvalue weighted by Crippen LogP contribution is 2.35. The first kappa shape index (κ1) is 15.3. The number of ether oxygens (including phenoxy) is 1. The third-order valence-electron chi connectivity index (χ3n) is 4.11. The van der Waals surface area contributed by atoms with E-state index in [1.54, 1.807) is 4.90 Å². The third kappa shape index (κ3) is 3.61. The Hall–Kier alpha value is -0.770. The Kier molecular flexibility index (Phi) is 5.45. The van der Waals surface area contributed by atoms with Gasteiger partial charge in [-0.25, -0.2) is 4.79 Å². The standard InChI is InChI=1S/C14H28N2O2/c1-11(2)9-18-13(17)16(4)14(10-15)7-5-12(3)6-8-14/h11-12H,5-10,15H2,1-4H3. The lowest BCUT2D eigenvalue weighted by Crippen LogP contribution is -2.56. The molecule has 18 heavy (non-hydrogen) atoms. The number of hydrogen-bond acceptors (Lipinski definition) is 3. The van der Waals surface area contributed by atoms with Crippen LogP contribution in [0.1, 0.15) is 46.5 Å². The minimum absolute atomic E-state index is 0.194. The number of likely N-dealkylation sites (N-methyl/N-ethyl adjacent to an activating group) is 1. The maximum absolute atomic E-state index is 12.0. The van der Waals surface area contributed by atoms with Crippen LogP contribution in [0.2, 0.25) is 0 Å². The summed E-state index contributed by atoms with van der Waals surface area (Å²) in [5.41, 5.74) is 5.74. The lowest BCUT2D eigenvalue weighted by Gasteiger charge is -2.44. The van der Waals surface area contributed by atoms with Crippen molar-refractivity contribution >= 4 is 6.09 Å². The fourth-order valence-corrected chi connectivity index (χ4v) is 2.50. The van der Waals surface area contributed by atoms with Gasteiger partial charge in [0.25, 0.3) is 0 Å². The van der Waals surface area contributed by atoms with Gasteiger partial charge in [0.15, 0.2) is 0 Å². The number of carbonyl (C=O) groups is 1. The van der Waals surface area contributed by atoms with Crippen LogP contribution in [0.4, 0.5) is 4.79 Å². The number of carbonyl (C=O) groups excluding carboxylic acids is 1. The van der Waals surface area contributed by atoms with Crippen LogP contribution in [-0.4, -0.2) is 36.7 Å². The van der Waals surface area contributed by atoms with Crippen LogP contribution in [0.15, 0.2) is 0 Å². The summed E-state index contributed by atoms with van der Waals surface area (Å²) in [6.07, 6.45) is 4.01. The topological polar surface area (TPSA) is 55.6 Å². The summed E-state index contributed by atoms with van der Waals surface area (Å²) in [4.78, 5) is 13.8. The second-order valence-corrected chi connectivity index (χ2v) is 6.14. The van der Waals surface area contributed by atoms with Crippen LogP contribution in [-0.2, 0) is 4.74 Å². The monoisotopic (exact) mass is 256 g/mol. The van der Waals surface area contributed by atoms with E-state index in [-0.39, 0.29) is 11.6 Å². The van der Waals surface area contributed by atoms with Crippen molar-refractivity contribution in [1.29, 1.82) is 0 Å². The quantitative estimate of drug-likeness (QED) is 0.841. The van der Waals surface area contributed by atoms with Gasteiger partial charge in [-0.05, 0) is 37.5 Å². The zero-order valence-corrected chi connectivity index (χ0v) is 12.2. The van der Waals surface area contributed by atoms with Gasteiger partial charge in [-0.1, -0.05) is 20.8 Å². The lowest BCUT2D eigenvalue weighted by molar-refractivity contribution is 0.0367. The summed E-state index contributed by atoms with van der Waals surface area (Å²) in [6.45, 7) is 7.33. The first-order chi connectivity index (χ1) is 8.41. The zero-order valence-electron chi connectivity index (χ0n) is 12.2. The van der Waals surface area contributed by atoms with Crippen molar-refractivity contribution in [2.75, 3.05) is 20.2 Å². The highest BCUT2D eigenvalue weighted by Gasteiger charge is 2.39. The van der Waals surface area contributed by atoms with Gasteiger partial charge in [-0.2, -0.15) is 0 Å². The van der Waals surface area contributed by atoms with Crippen molar-refractivity contribution in [3.63, 3.8) is 0 Å². The van der Waals surface area contributed by atoms with Crippen LogP contribution in [0.25, 0.3) is 0 Å². The molecule has 0 bridgehead atoms. The predicted octanol–water partition coefficient (Wildman–Crippen LogP) is 2.62. The van der Waals surface area contributed by atoms with E-state index in [0.717, 1.165) is 31.6 Å². The smallest absolute Gasteiger partial charge is 0.410 e. The van der Waals surface area contributed by atoms with Gasteiger partial charge in [0.05, 0.1) is 12.1 Å². The second-order valence-electron chi connectivity index (χ2n) is 6.14. The van der Waals surface area contributed by atoms with Gasteiger partial charge in [0.1, 0.15) is 0 Å². The molecule has 0 atom stereocenters. The van der Waals surface area contributed by atoms with Gasteiger partial charge >= 0.3 is 6.09 Å². The first-order valence-electron chi connectivity index (χ1n) is 7.02. The van der Waals surface area contributed by atoms with E-state index in [2.05, 4.69) is 6.92 Å². The normalized spacial score (nSPS) is 28.2. The summed E-state index contributed by atoms with van der Waals surface area (Å²) < 4.78 is 5.30. The van der Waals surface area contributed by atoms with E-state index in [1.807, 2.05) is 20.9 Å². The molecule has 1 saturated carbocycles. The van der Waals surface area contributed by atoms with Gasteiger partial charge in [0.2, 0.25) is 0 Å². The molecular formula is C14H28N2O2. The minimum atomic E-state index is -0.233. The average Bonchev–Trinajstić information content (AvgIpc) is 2.36. The van der Waals surface area contributed by atoms with E-state index in [9.17, 15) is 4.79 Å². The Morgan fingerprint density at radius 3 is 2.44 bits per heavy atom. The maximum atomic E-state index is 12.0. The van der Waals surface area contributed by atoms with Crippen LogP contribution < -0.4 is 5.73 Å². The van der Waals surface area contributed by atoms with Gasteiger partial charge < -0.3 is 15.4 Å².